The Morgan fingerprint density at radius 2 is 1.79 bits per heavy atom. The lowest BCUT2D eigenvalue weighted by Crippen LogP contribution is -2.47. The Kier molecular flexibility index (Phi) is 4.51. The van der Waals surface area contributed by atoms with Gasteiger partial charge in [-0.25, -0.2) is 4.39 Å². The molecule has 7 nitrogen and oxygen atoms in total. The van der Waals surface area contributed by atoms with Crippen molar-refractivity contribution in [2.24, 2.45) is 0 Å². The van der Waals surface area contributed by atoms with Gasteiger partial charge < -0.3 is 15.4 Å². The highest BCUT2D eigenvalue weighted by atomic mass is 32.2. The zero-order chi connectivity index (χ0) is 22.4. The fourth-order valence-electron chi connectivity index (χ4n) is 3.95. The van der Waals surface area contributed by atoms with Crippen LogP contribution in [0, 0.1) is 5.82 Å². The summed E-state index contributed by atoms with van der Waals surface area (Å²) in [4.78, 5) is 17.8. The van der Waals surface area contributed by atoms with Crippen molar-refractivity contribution in [2.45, 2.75) is 16.6 Å². The average molecular weight is 457 g/mol. The third-order valence-electron chi connectivity index (χ3n) is 5.52. The van der Waals surface area contributed by atoms with Crippen molar-refractivity contribution in [1.29, 1.82) is 0 Å². The summed E-state index contributed by atoms with van der Waals surface area (Å²) in [7, 11) is 0. The van der Waals surface area contributed by atoms with Crippen LogP contribution in [0.4, 0.5) is 15.8 Å². The minimum Gasteiger partial charge on any atom is -0.435 e. The summed E-state index contributed by atoms with van der Waals surface area (Å²) in [5, 5.41) is 15.0. The van der Waals surface area contributed by atoms with Crippen molar-refractivity contribution in [2.75, 3.05) is 10.6 Å². The van der Waals surface area contributed by atoms with Gasteiger partial charge in [0.2, 0.25) is 11.0 Å². The van der Waals surface area contributed by atoms with Crippen LogP contribution in [0.5, 0.6) is 5.88 Å². The molecule has 0 saturated heterocycles. The number of para-hydroxylation sites is 1. The summed E-state index contributed by atoms with van der Waals surface area (Å²) in [5.74, 6) is -0.156. The number of nitrogens with zero attached hydrogens (tertiary/aromatic N) is 3. The SMILES string of the molecule is O=C1Nc2ccc(F)cc2[C@@]12Nc1ccccc1-c1nnc(SCc3ccccc3)nc1O2. The zero-order valence-corrected chi connectivity index (χ0v) is 17.9. The number of carbonyl (C=O) groups is 1. The molecular weight excluding hydrogens is 441 g/mol. The zero-order valence-electron chi connectivity index (χ0n) is 17.1. The van der Waals surface area contributed by atoms with Crippen molar-refractivity contribution >= 4 is 29.0 Å². The number of anilines is 2. The molecule has 0 saturated carbocycles. The van der Waals surface area contributed by atoms with E-state index in [1.54, 1.807) is 6.07 Å². The van der Waals surface area contributed by atoms with Gasteiger partial charge >= 0.3 is 0 Å². The van der Waals surface area contributed by atoms with Crippen LogP contribution in [0.15, 0.2) is 78.0 Å². The van der Waals surface area contributed by atoms with E-state index in [0.29, 0.717) is 39.1 Å². The number of benzene rings is 3. The van der Waals surface area contributed by atoms with E-state index < -0.39 is 17.4 Å². The largest absolute Gasteiger partial charge is 0.435 e. The van der Waals surface area contributed by atoms with E-state index in [-0.39, 0.29) is 5.88 Å². The monoisotopic (exact) mass is 457 g/mol. The number of aromatic nitrogens is 3. The molecule has 1 aromatic heterocycles. The number of rotatable bonds is 3. The molecular formula is C24H16FN5O2S. The molecule has 1 spiro atoms. The van der Waals surface area contributed by atoms with Crippen LogP contribution in [-0.4, -0.2) is 21.1 Å². The summed E-state index contributed by atoms with van der Waals surface area (Å²) in [6.45, 7) is 0. The second kappa shape index (κ2) is 7.56. The van der Waals surface area contributed by atoms with Crippen LogP contribution in [-0.2, 0) is 16.3 Å². The van der Waals surface area contributed by atoms with Gasteiger partial charge in [-0.05, 0) is 29.8 Å². The Hall–Kier alpha value is -3.98. The first-order chi connectivity index (χ1) is 16.1. The molecule has 0 bridgehead atoms. The van der Waals surface area contributed by atoms with Crippen LogP contribution < -0.4 is 15.4 Å². The highest BCUT2D eigenvalue weighted by Gasteiger charge is 2.52. The molecule has 33 heavy (non-hydrogen) atoms. The molecule has 0 unspecified atom stereocenters. The maximum Gasteiger partial charge on any atom is 0.295 e. The first kappa shape index (κ1) is 19.7. The molecule has 0 radical (unpaired) electrons. The molecule has 0 fully saturated rings. The number of amides is 1. The van der Waals surface area contributed by atoms with Gasteiger partial charge in [-0.1, -0.05) is 60.3 Å². The van der Waals surface area contributed by atoms with Gasteiger partial charge in [-0.3, -0.25) is 4.79 Å². The molecule has 9 heteroatoms. The minimum absolute atomic E-state index is 0.144. The number of carbonyl (C=O) groups excluding carboxylic acids is 1. The van der Waals surface area contributed by atoms with Crippen LogP contribution in [0.1, 0.15) is 11.1 Å². The molecule has 1 amide bonds. The fraction of sp³-hybridized carbons (Fsp3) is 0.0833. The van der Waals surface area contributed by atoms with Gasteiger partial charge in [-0.15, -0.1) is 10.2 Å². The van der Waals surface area contributed by atoms with E-state index in [1.165, 1.54) is 30.0 Å². The fourth-order valence-corrected chi connectivity index (χ4v) is 4.69. The van der Waals surface area contributed by atoms with E-state index in [9.17, 15) is 9.18 Å². The molecule has 0 aliphatic carbocycles. The van der Waals surface area contributed by atoms with Crippen molar-refractivity contribution in [3.05, 3.63) is 89.7 Å². The quantitative estimate of drug-likeness (QED) is 0.435. The van der Waals surface area contributed by atoms with Crippen LogP contribution >= 0.6 is 11.8 Å². The van der Waals surface area contributed by atoms with Gasteiger partial charge in [0.1, 0.15) is 5.82 Å². The molecule has 4 aromatic rings. The number of fused-ring (bicyclic) bond motifs is 5. The third kappa shape index (κ3) is 3.28. The first-order valence-corrected chi connectivity index (χ1v) is 11.2. The predicted molar refractivity (Wildman–Crippen MR) is 122 cm³/mol. The molecule has 2 aliphatic rings. The minimum atomic E-state index is -1.70. The smallest absolute Gasteiger partial charge is 0.295 e. The van der Waals surface area contributed by atoms with Crippen molar-refractivity contribution in [1.82, 2.24) is 15.2 Å². The van der Waals surface area contributed by atoms with Crippen molar-refractivity contribution < 1.29 is 13.9 Å². The van der Waals surface area contributed by atoms with Crippen LogP contribution in [0.3, 0.4) is 0 Å². The molecule has 2 aliphatic heterocycles. The molecule has 3 heterocycles. The number of ether oxygens (including phenoxy) is 1. The molecule has 3 aromatic carbocycles. The second-order valence-electron chi connectivity index (χ2n) is 7.62. The number of nitrogens with one attached hydrogen (secondary N) is 2. The standard InChI is InChI=1S/C24H16FN5O2S/c25-15-10-11-19-17(12-15)24(22(31)26-19)28-18-9-5-4-8-16(18)20-21(32-24)27-23(30-29-20)33-13-14-6-2-1-3-7-14/h1-12,28H,13H2,(H,26,31)/t24-/m0/s1. The Bertz CT molecular complexity index is 1400. The number of hydrogen-bond donors (Lipinski definition) is 2. The third-order valence-corrected chi connectivity index (χ3v) is 6.43. The normalized spacial score (nSPS) is 17.8. The van der Waals surface area contributed by atoms with Gasteiger partial charge in [0.15, 0.2) is 5.69 Å². The van der Waals surface area contributed by atoms with Gasteiger partial charge in [0.05, 0.1) is 11.3 Å². The number of halogens is 1. The lowest BCUT2D eigenvalue weighted by molar-refractivity contribution is -0.128. The summed E-state index contributed by atoms with van der Waals surface area (Å²) in [5.41, 5.74) is 1.91. The summed E-state index contributed by atoms with van der Waals surface area (Å²) < 4.78 is 20.4. The van der Waals surface area contributed by atoms with Gasteiger partial charge in [-0.2, -0.15) is 4.98 Å². The van der Waals surface area contributed by atoms with E-state index in [1.807, 2.05) is 48.5 Å². The predicted octanol–water partition coefficient (Wildman–Crippen LogP) is 4.58. The van der Waals surface area contributed by atoms with E-state index >= 15 is 0 Å². The van der Waals surface area contributed by atoms with Crippen molar-refractivity contribution in [3.63, 3.8) is 0 Å². The highest BCUT2D eigenvalue weighted by molar-refractivity contribution is 7.98. The molecule has 2 N–H and O–H groups in total. The number of thioether (sulfide) groups is 1. The lowest BCUT2D eigenvalue weighted by atomic mass is 10.0. The summed E-state index contributed by atoms with van der Waals surface area (Å²) >= 11 is 1.41. The van der Waals surface area contributed by atoms with Crippen molar-refractivity contribution in [3.8, 4) is 17.1 Å². The molecule has 1 atom stereocenters. The molecule has 6 rings (SSSR count). The van der Waals surface area contributed by atoms with E-state index in [2.05, 4.69) is 25.8 Å². The summed E-state index contributed by atoms with van der Waals surface area (Å²) in [6, 6.07) is 21.3. The topological polar surface area (TPSA) is 89.0 Å². The van der Waals surface area contributed by atoms with E-state index in [0.717, 1.165) is 5.56 Å². The summed E-state index contributed by atoms with van der Waals surface area (Å²) in [6.07, 6.45) is 0. The Morgan fingerprint density at radius 3 is 2.67 bits per heavy atom. The second-order valence-corrected chi connectivity index (χ2v) is 8.56. The average Bonchev–Trinajstić information content (AvgIpc) is 3.00. The Morgan fingerprint density at radius 1 is 0.970 bits per heavy atom. The maximum atomic E-state index is 14.2. The Labute approximate surface area is 192 Å². The lowest BCUT2D eigenvalue weighted by Gasteiger charge is -2.28. The van der Waals surface area contributed by atoms with Crippen LogP contribution in [0.2, 0.25) is 0 Å². The maximum absolute atomic E-state index is 14.2. The Balaban J connectivity index is 1.46. The highest BCUT2D eigenvalue weighted by Crippen LogP contribution is 2.46. The van der Waals surface area contributed by atoms with E-state index in [4.69, 9.17) is 4.74 Å². The van der Waals surface area contributed by atoms with Gasteiger partial charge in [0, 0.05) is 17.0 Å². The van der Waals surface area contributed by atoms with Crippen LogP contribution in [0.25, 0.3) is 11.3 Å². The first-order valence-electron chi connectivity index (χ1n) is 10.2. The van der Waals surface area contributed by atoms with Gasteiger partial charge in [0.25, 0.3) is 11.6 Å². The molecule has 162 valence electrons. The number of hydrogen-bond acceptors (Lipinski definition) is 7.